The fourth-order valence-electron chi connectivity index (χ4n) is 6.02. The van der Waals surface area contributed by atoms with E-state index in [1.54, 1.807) is 56.2 Å². The molecule has 1 heterocycles. The second-order valence-corrected chi connectivity index (χ2v) is 10.7. The largest absolute Gasteiger partial charge is 0.497 e. The maximum Gasteiger partial charge on any atom is 0.338 e. The molecule has 1 aliphatic heterocycles. The van der Waals surface area contributed by atoms with Crippen LogP contribution >= 0.6 is 11.6 Å². The topological polar surface area (TPSA) is 108 Å². The summed E-state index contributed by atoms with van der Waals surface area (Å²) in [5.41, 5.74) is 9.83. The first-order chi connectivity index (χ1) is 20.8. The molecule has 5 rings (SSSR count). The number of rotatable bonds is 8. The van der Waals surface area contributed by atoms with E-state index in [4.69, 9.17) is 31.5 Å². The predicted octanol–water partition coefficient (Wildman–Crippen LogP) is 5.88. The molecule has 1 aliphatic carbocycles. The third kappa shape index (κ3) is 5.62. The number of allylic oxidation sites excluding steroid dienone is 2. The maximum absolute atomic E-state index is 14.8. The van der Waals surface area contributed by atoms with E-state index in [0.717, 1.165) is 5.56 Å². The lowest BCUT2D eigenvalue weighted by Crippen LogP contribution is -2.46. The van der Waals surface area contributed by atoms with Crippen molar-refractivity contribution in [3.8, 4) is 5.75 Å². The molecule has 0 unspecified atom stereocenters. The first-order valence-electron chi connectivity index (χ1n) is 14.2. The molecule has 3 aromatic rings. The molecule has 2 aliphatic rings. The van der Waals surface area contributed by atoms with Crippen molar-refractivity contribution in [2.45, 2.75) is 32.1 Å². The van der Waals surface area contributed by atoms with Gasteiger partial charge in [0.05, 0.1) is 31.8 Å². The fraction of sp³-hybridized carbons (Fsp3) is 0.265. The molecule has 0 bridgehead atoms. The van der Waals surface area contributed by atoms with Crippen LogP contribution in [0.25, 0.3) is 0 Å². The normalized spacial score (nSPS) is 20.0. The fourth-order valence-corrected chi connectivity index (χ4v) is 6.21. The molecule has 0 radical (unpaired) electrons. The Hall–Kier alpha value is -4.56. The van der Waals surface area contributed by atoms with Gasteiger partial charge in [-0.3, -0.25) is 14.5 Å². The van der Waals surface area contributed by atoms with Crippen LogP contribution in [-0.2, 0) is 23.9 Å². The average molecular weight is 601 g/mol. The number of benzene rings is 3. The molecule has 2 N–H and O–H groups in total. The molecule has 43 heavy (non-hydrogen) atoms. The number of methoxy groups -OCH3 is 1. The highest BCUT2D eigenvalue weighted by molar-refractivity contribution is 6.30. The number of ether oxygens (including phenoxy) is 3. The van der Waals surface area contributed by atoms with Crippen molar-refractivity contribution in [2.24, 2.45) is 11.7 Å². The Kier molecular flexibility index (Phi) is 8.87. The zero-order valence-corrected chi connectivity index (χ0v) is 25.0. The molecule has 0 saturated carbocycles. The van der Waals surface area contributed by atoms with E-state index in [1.807, 2.05) is 48.5 Å². The molecule has 3 atom stereocenters. The lowest BCUT2D eigenvalue weighted by molar-refractivity contribution is -0.152. The van der Waals surface area contributed by atoms with Crippen LogP contribution in [0.4, 0.5) is 5.69 Å². The van der Waals surface area contributed by atoms with Crippen molar-refractivity contribution in [1.82, 2.24) is 0 Å². The Bertz CT molecular complexity index is 1620. The van der Waals surface area contributed by atoms with Crippen molar-refractivity contribution < 1.29 is 28.6 Å². The van der Waals surface area contributed by atoms with Gasteiger partial charge in [0.15, 0.2) is 5.78 Å². The lowest BCUT2D eigenvalue weighted by Gasteiger charge is -2.44. The van der Waals surface area contributed by atoms with Gasteiger partial charge >= 0.3 is 11.9 Å². The van der Waals surface area contributed by atoms with Crippen molar-refractivity contribution in [3.63, 3.8) is 0 Å². The van der Waals surface area contributed by atoms with Crippen LogP contribution in [-0.4, -0.2) is 38.0 Å². The minimum atomic E-state index is -1.17. The Labute approximate surface area is 255 Å². The van der Waals surface area contributed by atoms with Gasteiger partial charge < -0.3 is 19.9 Å². The van der Waals surface area contributed by atoms with Gasteiger partial charge in [-0.15, -0.1) is 0 Å². The molecule has 3 aromatic carbocycles. The summed E-state index contributed by atoms with van der Waals surface area (Å²) in [5.74, 6) is -3.71. The average Bonchev–Trinajstić information content (AvgIpc) is 3.01. The number of para-hydroxylation sites is 1. The number of hydrogen-bond acceptors (Lipinski definition) is 8. The molecular formula is C34H33ClN2O6. The zero-order valence-electron chi connectivity index (χ0n) is 24.2. The van der Waals surface area contributed by atoms with Crippen LogP contribution in [0.15, 0.2) is 102 Å². The van der Waals surface area contributed by atoms with Crippen molar-refractivity contribution in [1.29, 1.82) is 0 Å². The summed E-state index contributed by atoms with van der Waals surface area (Å²) in [4.78, 5) is 43.8. The number of anilines is 1. The highest BCUT2D eigenvalue weighted by Crippen LogP contribution is 2.52. The SMILES string of the molecule is CCOC(=O)C1=C(N)N(c2ccccc2)C2=C(C(=O)[C@H](C(=O)OCC)[C@H](c3cccc(OC)c3)C2)[C@H]1c1cccc(Cl)c1. The molecule has 0 aromatic heterocycles. The third-order valence-electron chi connectivity index (χ3n) is 7.79. The van der Waals surface area contributed by atoms with Crippen LogP contribution < -0.4 is 15.4 Å². The van der Waals surface area contributed by atoms with Crippen LogP contribution in [0.2, 0.25) is 5.02 Å². The molecule has 222 valence electrons. The summed E-state index contributed by atoms with van der Waals surface area (Å²) >= 11 is 6.42. The van der Waals surface area contributed by atoms with Crippen molar-refractivity contribution in [3.05, 3.63) is 118 Å². The lowest BCUT2D eigenvalue weighted by atomic mass is 9.67. The molecule has 0 fully saturated rings. The van der Waals surface area contributed by atoms with E-state index in [9.17, 15) is 14.4 Å². The van der Waals surface area contributed by atoms with Gasteiger partial charge in [0.2, 0.25) is 0 Å². The van der Waals surface area contributed by atoms with E-state index in [-0.39, 0.29) is 36.6 Å². The summed E-state index contributed by atoms with van der Waals surface area (Å²) in [5, 5.41) is 0.423. The Morgan fingerprint density at radius 3 is 2.30 bits per heavy atom. The molecule has 0 spiro atoms. The first-order valence-corrected chi connectivity index (χ1v) is 14.5. The Morgan fingerprint density at radius 2 is 1.63 bits per heavy atom. The Balaban J connectivity index is 1.82. The zero-order chi connectivity index (χ0) is 30.7. The molecule has 0 saturated heterocycles. The number of halogens is 1. The number of hydrogen-bond donors (Lipinski definition) is 1. The number of nitrogens with two attached hydrogens (primary N) is 1. The summed E-state index contributed by atoms with van der Waals surface area (Å²) < 4.78 is 16.4. The van der Waals surface area contributed by atoms with Crippen molar-refractivity contribution in [2.75, 3.05) is 25.2 Å². The van der Waals surface area contributed by atoms with Crippen LogP contribution in [0.1, 0.15) is 43.2 Å². The van der Waals surface area contributed by atoms with Crippen LogP contribution in [0.3, 0.4) is 0 Å². The summed E-state index contributed by atoms with van der Waals surface area (Å²) in [7, 11) is 1.56. The van der Waals surface area contributed by atoms with E-state index in [1.165, 1.54) is 0 Å². The number of ketones is 1. The summed E-state index contributed by atoms with van der Waals surface area (Å²) in [6, 6.07) is 23.5. The van der Waals surface area contributed by atoms with E-state index in [0.29, 0.717) is 27.7 Å². The predicted molar refractivity (Wildman–Crippen MR) is 163 cm³/mol. The van der Waals surface area contributed by atoms with E-state index >= 15 is 0 Å². The van der Waals surface area contributed by atoms with Gasteiger partial charge in [-0.05, 0) is 67.8 Å². The van der Waals surface area contributed by atoms with E-state index < -0.39 is 35.5 Å². The molecule has 8 nitrogen and oxygen atoms in total. The summed E-state index contributed by atoms with van der Waals surface area (Å²) in [6.45, 7) is 3.61. The van der Waals surface area contributed by atoms with Gasteiger partial charge in [-0.2, -0.15) is 0 Å². The maximum atomic E-state index is 14.8. The highest BCUT2D eigenvalue weighted by atomic mass is 35.5. The van der Waals surface area contributed by atoms with E-state index in [2.05, 4.69) is 0 Å². The first kappa shape index (κ1) is 29.9. The van der Waals surface area contributed by atoms with Gasteiger partial charge in [-0.25, -0.2) is 4.79 Å². The van der Waals surface area contributed by atoms with Crippen molar-refractivity contribution >= 4 is 35.0 Å². The minimum Gasteiger partial charge on any atom is -0.497 e. The van der Waals surface area contributed by atoms with Gasteiger partial charge in [0, 0.05) is 27.9 Å². The van der Waals surface area contributed by atoms with Gasteiger partial charge in [-0.1, -0.05) is 54.1 Å². The van der Waals surface area contributed by atoms with Gasteiger partial charge in [0.25, 0.3) is 0 Å². The number of carbonyl (C=O) groups excluding carboxylic acids is 3. The summed E-state index contributed by atoms with van der Waals surface area (Å²) in [6.07, 6.45) is 0.250. The second-order valence-electron chi connectivity index (χ2n) is 10.2. The molecular weight excluding hydrogens is 568 g/mol. The second kappa shape index (κ2) is 12.8. The number of esters is 2. The number of carbonyl (C=O) groups is 3. The highest BCUT2D eigenvalue weighted by Gasteiger charge is 2.51. The number of Topliss-reactive ketones (excluding diaryl/α,β-unsaturated/α-hetero) is 1. The minimum absolute atomic E-state index is 0.0995. The quantitative estimate of drug-likeness (QED) is 0.252. The molecule has 0 amide bonds. The standard InChI is InChI=1S/C34H33ClN2O6/c1-4-42-33(39)28-25(20-11-10-16-24(18-20)41-3)19-26-29(31(28)38)27(21-12-9-13-22(35)17-21)30(34(40)43-5-2)32(36)37(26)23-14-7-6-8-15-23/h6-18,25,27-28H,4-5,19,36H2,1-3H3/t25-,27+,28+/m0/s1. The Morgan fingerprint density at radius 1 is 0.930 bits per heavy atom. The smallest absolute Gasteiger partial charge is 0.338 e. The number of nitrogens with zero attached hydrogens (tertiary/aromatic N) is 1. The third-order valence-corrected chi connectivity index (χ3v) is 8.03. The monoisotopic (exact) mass is 600 g/mol. The van der Waals surface area contributed by atoms with Gasteiger partial charge in [0.1, 0.15) is 17.5 Å². The van der Waals surface area contributed by atoms with Crippen LogP contribution in [0, 0.1) is 5.92 Å². The molecule has 9 heteroatoms. The van der Waals surface area contributed by atoms with Crippen LogP contribution in [0.5, 0.6) is 5.75 Å².